The van der Waals surface area contributed by atoms with Gasteiger partial charge in [-0.05, 0) is 12.1 Å². The van der Waals surface area contributed by atoms with Gasteiger partial charge in [0.1, 0.15) is 5.69 Å². The van der Waals surface area contributed by atoms with Gasteiger partial charge >= 0.3 is 0 Å². The Morgan fingerprint density at radius 3 is 2.58 bits per heavy atom. The number of carbonyl (C=O) groups is 1. The number of nitrogens with zero attached hydrogens (tertiary/aromatic N) is 3. The van der Waals surface area contributed by atoms with Crippen molar-refractivity contribution in [2.45, 2.75) is 6.42 Å². The number of aromatic nitrogens is 1. The van der Waals surface area contributed by atoms with E-state index in [0.717, 1.165) is 11.3 Å². The molecule has 1 aliphatic rings. The quantitative estimate of drug-likeness (QED) is 0.883. The highest BCUT2D eigenvalue weighted by molar-refractivity contribution is 5.81. The molecule has 0 atom stereocenters. The lowest BCUT2D eigenvalue weighted by Crippen LogP contribution is -2.35. The Kier molecular flexibility index (Phi) is 2.63. The molecule has 0 saturated carbocycles. The lowest BCUT2D eigenvalue weighted by molar-refractivity contribution is -0.126. The van der Waals surface area contributed by atoms with Crippen LogP contribution in [-0.2, 0) is 4.79 Å². The maximum absolute atomic E-state index is 11.5. The first-order chi connectivity index (χ1) is 9.15. The van der Waals surface area contributed by atoms with Gasteiger partial charge in [-0.1, -0.05) is 17.3 Å². The summed E-state index contributed by atoms with van der Waals surface area (Å²) in [7, 11) is 1.78. The zero-order valence-electron chi connectivity index (χ0n) is 10.5. The highest BCUT2D eigenvalue weighted by Gasteiger charge is 2.25. The van der Waals surface area contributed by atoms with Crippen molar-refractivity contribution in [3.63, 3.8) is 0 Å². The first kappa shape index (κ1) is 11.6. The second-order valence-electron chi connectivity index (χ2n) is 4.45. The highest BCUT2D eigenvalue weighted by Crippen LogP contribution is 2.26. The molecule has 0 aliphatic carbocycles. The Balaban J connectivity index is 1.85. The molecule has 2 aromatic rings. The Bertz CT molecular complexity index is 605. The van der Waals surface area contributed by atoms with E-state index >= 15 is 0 Å². The fraction of sp³-hybridized carbons (Fsp3) is 0.231. The van der Waals surface area contributed by atoms with E-state index in [2.05, 4.69) is 5.16 Å². The maximum Gasteiger partial charge on any atom is 0.242 e. The van der Waals surface area contributed by atoms with Crippen molar-refractivity contribution in [1.82, 2.24) is 10.2 Å². The summed E-state index contributed by atoms with van der Waals surface area (Å²) in [5.41, 5.74) is 8.11. The predicted molar refractivity (Wildman–Crippen MR) is 71.1 cm³/mol. The molecule has 3 rings (SSSR count). The van der Waals surface area contributed by atoms with Crippen LogP contribution in [0.2, 0.25) is 0 Å². The van der Waals surface area contributed by atoms with Crippen molar-refractivity contribution in [3.8, 4) is 11.3 Å². The number of nitrogen functional groups attached to an aromatic ring is 1. The molecule has 6 heteroatoms. The van der Waals surface area contributed by atoms with Crippen molar-refractivity contribution in [2.24, 2.45) is 0 Å². The fourth-order valence-electron chi connectivity index (χ4n) is 2.18. The third-order valence-electron chi connectivity index (χ3n) is 3.25. The molecule has 2 N–H and O–H groups in total. The lowest BCUT2D eigenvalue weighted by Gasteiger charge is -2.26. The van der Waals surface area contributed by atoms with Gasteiger partial charge in [-0.3, -0.25) is 14.8 Å². The third kappa shape index (κ3) is 2.01. The molecule has 6 nitrogen and oxygen atoms in total. The molecule has 1 fully saturated rings. The average molecular weight is 258 g/mol. The first-order valence-electron chi connectivity index (χ1n) is 6.02. The fourth-order valence-corrected chi connectivity index (χ4v) is 2.18. The Labute approximate surface area is 110 Å². The zero-order chi connectivity index (χ0) is 13.4. The number of hydrazine groups is 1. The molecule has 2 heterocycles. The van der Waals surface area contributed by atoms with Crippen LogP contribution in [-0.4, -0.2) is 29.7 Å². The van der Waals surface area contributed by atoms with E-state index in [1.807, 2.05) is 29.3 Å². The van der Waals surface area contributed by atoms with Crippen molar-refractivity contribution in [3.05, 3.63) is 30.3 Å². The molecule has 1 aromatic heterocycles. The molecule has 1 aliphatic heterocycles. The number of nitrogens with two attached hydrogens (primary N) is 1. The van der Waals surface area contributed by atoms with Crippen LogP contribution in [0.25, 0.3) is 11.3 Å². The standard InChI is InChI=1S/C13H14N4O2/c1-16-13(18)6-7-17(16)10-4-2-9(3-5-10)11-8-12(14)19-15-11/h2-5,8H,6-7,14H2,1H3. The van der Waals surface area contributed by atoms with Gasteiger partial charge in [0, 0.05) is 31.6 Å². The van der Waals surface area contributed by atoms with Gasteiger partial charge in [0.2, 0.25) is 11.8 Å². The molecule has 0 unspecified atom stereocenters. The van der Waals surface area contributed by atoms with Crippen LogP contribution in [0.4, 0.5) is 11.6 Å². The predicted octanol–water partition coefficient (Wildman–Crippen LogP) is 1.51. The minimum atomic E-state index is 0.133. The molecule has 19 heavy (non-hydrogen) atoms. The van der Waals surface area contributed by atoms with Gasteiger partial charge < -0.3 is 10.3 Å². The largest absolute Gasteiger partial charge is 0.368 e. The van der Waals surface area contributed by atoms with Crippen molar-refractivity contribution < 1.29 is 9.32 Å². The van der Waals surface area contributed by atoms with Crippen molar-refractivity contribution >= 4 is 17.5 Å². The lowest BCUT2D eigenvalue weighted by atomic mass is 10.1. The SMILES string of the molecule is CN1C(=O)CCN1c1ccc(-c2cc(N)on2)cc1. The third-order valence-corrected chi connectivity index (χ3v) is 3.25. The van der Waals surface area contributed by atoms with Gasteiger partial charge in [-0.2, -0.15) is 0 Å². The van der Waals surface area contributed by atoms with Gasteiger partial charge in [0.05, 0.1) is 5.69 Å². The summed E-state index contributed by atoms with van der Waals surface area (Å²) in [6.45, 7) is 0.714. The summed E-state index contributed by atoms with van der Waals surface area (Å²) < 4.78 is 4.84. The molecular formula is C13H14N4O2. The van der Waals surface area contributed by atoms with E-state index in [-0.39, 0.29) is 5.91 Å². The number of rotatable bonds is 2. The second-order valence-corrected chi connectivity index (χ2v) is 4.45. The van der Waals surface area contributed by atoms with Crippen LogP contribution in [0, 0.1) is 0 Å². The van der Waals surface area contributed by atoms with E-state index in [9.17, 15) is 4.79 Å². The number of benzene rings is 1. The number of amides is 1. The molecule has 0 radical (unpaired) electrons. The van der Waals surface area contributed by atoms with Crippen LogP contribution in [0.3, 0.4) is 0 Å². The minimum absolute atomic E-state index is 0.133. The van der Waals surface area contributed by atoms with Crippen LogP contribution >= 0.6 is 0 Å². The second kappa shape index (κ2) is 4.31. The van der Waals surface area contributed by atoms with Crippen LogP contribution in [0.15, 0.2) is 34.9 Å². The summed E-state index contributed by atoms with van der Waals surface area (Å²) in [4.78, 5) is 11.5. The van der Waals surface area contributed by atoms with E-state index in [0.29, 0.717) is 24.5 Å². The monoisotopic (exact) mass is 258 g/mol. The van der Waals surface area contributed by atoms with E-state index in [4.69, 9.17) is 10.3 Å². The van der Waals surface area contributed by atoms with Crippen molar-refractivity contribution in [1.29, 1.82) is 0 Å². The molecule has 1 amide bonds. The Hall–Kier alpha value is -2.50. The minimum Gasteiger partial charge on any atom is -0.368 e. The molecule has 1 aromatic carbocycles. The van der Waals surface area contributed by atoms with Gasteiger partial charge in [-0.15, -0.1) is 0 Å². The van der Waals surface area contributed by atoms with Gasteiger partial charge in [0.15, 0.2) is 0 Å². The molecule has 1 saturated heterocycles. The number of hydrogen-bond acceptors (Lipinski definition) is 5. The molecule has 98 valence electrons. The Morgan fingerprint density at radius 1 is 1.32 bits per heavy atom. The maximum atomic E-state index is 11.5. The van der Waals surface area contributed by atoms with Gasteiger partial charge in [-0.25, -0.2) is 0 Å². The topological polar surface area (TPSA) is 75.6 Å². The highest BCUT2D eigenvalue weighted by atomic mass is 16.5. The molecular weight excluding hydrogens is 244 g/mol. The van der Waals surface area contributed by atoms with Crippen LogP contribution < -0.4 is 10.7 Å². The normalized spacial score (nSPS) is 15.3. The number of anilines is 2. The summed E-state index contributed by atoms with van der Waals surface area (Å²) in [6.07, 6.45) is 0.554. The first-order valence-corrected chi connectivity index (χ1v) is 6.02. The van der Waals surface area contributed by atoms with Crippen LogP contribution in [0.1, 0.15) is 6.42 Å². The molecule has 0 bridgehead atoms. The van der Waals surface area contributed by atoms with Crippen molar-refractivity contribution in [2.75, 3.05) is 24.3 Å². The Morgan fingerprint density at radius 2 is 2.05 bits per heavy atom. The summed E-state index contributed by atoms with van der Waals surface area (Å²) in [6, 6.07) is 9.46. The van der Waals surface area contributed by atoms with Gasteiger partial charge in [0.25, 0.3) is 0 Å². The van der Waals surface area contributed by atoms with E-state index < -0.39 is 0 Å². The average Bonchev–Trinajstić information content (AvgIpc) is 2.98. The smallest absolute Gasteiger partial charge is 0.242 e. The van der Waals surface area contributed by atoms with Crippen LogP contribution in [0.5, 0.6) is 0 Å². The summed E-state index contributed by atoms with van der Waals surface area (Å²) in [5.74, 6) is 0.428. The summed E-state index contributed by atoms with van der Waals surface area (Å²) in [5, 5.41) is 7.45. The van der Waals surface area contributed by atoms with E-state index in [1.54, 1.807) is 18.1 Å². The number of hydrogen-bond donors (Lipinski definition) is 1. The number of carbonyl (C=O) groups excluding carboxylic acids is 1. The zero-order valence-corrected chi connectivity index (χ0v) is 10.5. The van der Waals surface area contributed by atoms with E-state index in [1.165, 1.54) is 0 Å². The summed E-state index contributed by atoms with van der Waals surface area (Å²) >= 11 is 0. The molecule has 0 spiro atoms.